The Hall–Kier alpha value is -2.01. The van der Waals surface area contributed by atoms with Crippen molar-refractivity contribution < 1.29 is 9.47 Å². The quantitative estimate of drug-likeness (QED) is 0.296. The summed E-state index contributed by atoms with van der Waals surface area (Å²) in [5.41, 5.74) is 2.02. The first-order chi connectivity index (χ1) is 13.1. The average molecular weight is 515 g/mol. The van der Waals surface area contributed by atoms with Gasteiger partial charge in [0.25, 0.3) is 0 Å². The minimum Gasteiger partial charge on any atom is -0.497 e. The zero-order valence-corrected chi connectivity index (χ0v) is 19.7. The maximum Gasteiger partial charge on any atom is 0.194 e. The van der Waals surface area contributed by atoms with Gasteiger partial charge >= 0.3 is 0 Å². The molecule has 0 bridgehead atoms. The lowest BCUT2D eigenvalue weighted by molar-refractivity contribution is 0.382. The highest BCUT2D eigenvalue weighted by atomic mass is 127. The SMILES string of the molecule is CCNC(=NCc1cn2ccsc2n1)N(C)Cc1ccc(OC)cc1OC.I. The second-order valence-electron chi connectivity index (χ2n) is 6.03. The number of methoxy groups -OCH3 is 2. The fraction of sp³-hybridized carbons (Fsp3) is 0.368. The van der Waals surface area contributed by atoms with Crippen LogP contribution < -0.4 is 14.8 Å². The zero-order valence-electron chi connectivity index (χ0n) is 16.5. The largest absolute Gasteiger partial charge is 0.497 e. The molecule has 7 nitrogen and oxygen atoms in total. The summed E-state index contributed by atoms with van der Waals surface area (Å²) in [4.78, 5) is 12.4. The van der Waals surface area contributed by atoms with Gasteiger partial charge in [0.1, 0.15) is 11.5 Å². The molecule has 0 aliphatic heterocycles. The number of benzene rings is 1. The van der Waals surface area contributed by atoms with Gasteiger partial charge < -0.3 is 19.7 Å². The highest BCUT2D eigenvalue weighted by Crippen LogP contribution is 2.25. The lowest BCUT2D eigenvalue weighted by atomic mass is 10.2. The molecule has 0 atom stereocenters. The third kappa shape index (κ3) is 5.28. The Morgan fingerprint density at radius 1 is 1.32 bits per heavy atom. The number of imidazole rings is 1. The van der Waals surface area contributed by atoms with Crippen LogP contribution >= 0.6 is 35.3 Å². The fourth-order valence-corrected chi connectivity index (χ4v) is 3.51. The Morgan fingerprint density at radius 3 is 2.82 bits per heavy atom. The van der Waals surface area contributed by atoms with E-state index in [0.717, 1.165) is 40.2 Å². The number of hydrogen-bond donors (Lipinski definition) is 1. The number of hydrogen-bond acceptors (Lipinski definition) is 5. The van der Waals surface area contributed by atoms with Crippen LogP contribution in [0.25, 0.3) is 4.96 Å². The number of halogens is 1. The predicted octanol–water partition coefficient (Wildman–Crippen LogP) is 3.63. The van der Waals surface area contributed by atoms with E-state index in [0.29, 0.717) is 13.1 Å². The van der Waals surface area contributed by atoms with Gasteiger partial charge in [0.15, 0.2) is 10.9 Å². The van der Waals surface area contributed by atoms with E-state index >= 15 is 0 Å². The minimum atomic E-state index is 0. The van der Waals surface area contributed by atoms with Gasteiger partial charge in [-0.05, 0) is 19.1 Å². The summed E-state index contributed by atoms with van der Waals surface area (Å²) in [5.74, 6) is 2.40. The Kier molecular flexibility index (Phi) is 8.36. The molecule has 1 N–H and O–H groups in total. The second-order valence-corrected chi connectivity index (χ2v) is 6.90. The number of fused-ring (bicyclic) bond motifs is 1. The van der Waals surface area contributed by atoms with Crippen LogP contribution in [0.3, 0.4) is 0 Å². The number of aromatic nitrogens is 2. The van der Waals surface area contributed by atoms with Crippen LogP contribution in [0.1, 0.15) is 18.2 Å². The van der Waals surface area contributed by atoms with Gasteiger partial charge in [-0.3, -0.25) is 4.40 Å². The molecule has 0 amide bonds. The van der Waals surface area contributed by atoms with Crippen molar-refractivity contribution in [3.8, 4) is 11.5 Å². The molecule has 2 aromatic heterocycles. The molecule has 0 fully saturated rings. The molecular weight excluding hydrogens is 489 g/mol. The summed E-state index contributed by atoms with van der Waals surface area (Å²) < 4.78 is 12.8. The smallest absolute Gasteiger partial charge is 0.194 e. The van der Waals surface area contributed by atoms with Crippen LogP contribution in [0.15, 0.2) is 41.0 Å². The van der Waals surface area contributed by atoms with Crippen molar-refractivity contribution in [3.63, 3.8) is 0 Å². The number of rotatable bonds is 7. The number of aliphatic imine (C=N–C) groups is 1. The summed E-state index contributed by atoms with van der Waals surface area (Å²) >= 11 is 1.62. The maximum atomic E-state index is 5.50. The number of ether oxygens (including phenoxy) is 2. The zero-order chi connectivity index (χ0) is 19.2. The standard InChI is InChI=1S/C19H25N5O2S.HI/c1-5-20-18(21-11-15-13-24-8-9-27-19(24)22-15)23(2)12-14-6-7-16(25-3)10-17(14)26-4;/h6-10,13H,5,11-12H2,1-4H3,(H,20,21);1H. The van der Waals surface area contributed by atoms with Crippen LogP contribution in [-0.2, 0) is 13.1 Å². The summed E-state index contributed by atoms with van der Waals surface area (Å²) in [6.07, 6.45) is 4.03. The van der Waals surface area contributed by atoms with Crippen molar-refractivity contribution in [2.45, 2.75) is 20.0 Å². The molecule has 0 unspecified atom stereocenters. The topological polar surface area (TPSA) is 63.4 Å². The van der Waals surface area contributed by atoms with Crippen molar-refractivity contribution in [2.75, 3.05) is 27.8 Å². The van der Waals surface area contributed by atoms with Crippen molar-refractivity contribution in [1.82, 2.24) is 19.6 Å². The summed E-state index contributed by atoms with van der Waals surface area (Å²) in [7, 11) is 5.33. The van der Waals surface area contributed by atoms with Crippen LogP contribution in [0, 0.1) is 0 Å². The van der Waals surface area contributed by atoms with E-state index in [1.165, 1.54) is 0 Å². The van der Waals surface area contributed by atoms with Crippen molar-refractivity contribution in [2.24, 2.45) is 4.99 Å². The molecule has 0 saturated heterocycles. The maximum absolute atomic E-state index is 5.50. The number of nitrogens with zero attached hydrogens (tertiary/aromatic N) is 4. The summed E-state index contributed by atoms with van der Waals surface area (Å²) in [5, 5.41) is 5.36. The van der Waals surface area contributed by atoms with Crippen molar-refractivity contribution in [3.05, 3.63) is 47.2 Å². The molecule has 3 aromatic rings. The van der Waals surface area contributed by atoms with Crippen molar-refractivity contribution >= 4 is 46.2 Å². The normalized spacial score (nSPS) is 11.2. The Bertz CT molecular complexity index is 896. The van der Waals surface area contributed by atoms with Gasteiger partial charge in [-0.2, -0.15) is 0 Å². The van der Waals surface area contributed by atoms with E-state index in [9.17, 15) is 0 Å². The van der Waals surface area contributed by atoms with Gasteiger partial charge in [-0.25, -0.2) is 9.98 Å². The van der Waals surface area contributed by atoms with E-state index in [2.05, 4.69) is 22.1 Å². The summed E-state index contributed by atoms with van der Waals surface area (Å²) in [6.45, 7) is 4.04. The molecule has 9 heteroatoms. The first kappa shape index (κ1) is 22.3. The fourth-order valence-electron chi connectivity index (χ4n) is 2.79. The van der Waals surface area contributed by atoms with E-state index in [1.54, 1.807) is 25.6 Å². The van der Waals surface area contributed by atoms with Gasteiger partial charge in [0, 0.05) is 49.5 Å². The Labute approximate surface area is 186 Å². The average Bonchev–Trinajstić information content (AvgIpc) is 3.27. The first-order valence-electron chi connectivity index (χ1n) is 8.76. The molecular formula is C19H26IN5O2S. The van der Waals surface area contributed by atoms with Crippen LogP contribution in [0.5, 0.6) is 11.5 Å². The van der Waals surface area contributed by atoms with Gasteiger partial charge in [0.05, 0.1) is 26.5 Å². The highest BCUT2D eigenvalue weighted by molar-refractivity contribution is 14.0. The predicted molar refractivity (Wildman–Crippen MR) is 124 cm³/mol. The molecule has 3 rings (SSSR count). The molecule has 0 saturated carbocycles. The number of nitrogens with one attached hydrogen (secondary N) is 1. The second kappa shape index (κ2) is 10.5. The van der Waals surface area contributed by atoms with E-state index < -0.39 is 0 Å². The van der Waals surface area contributed by atoms with Crippen LogP contribution in [0.2, 0.25) is 0 Å². The van der Waals surface area contributed by atoms with E-state index in [4.69, 9.17) is 14.5 Å². The van der Waals surface area contributed by atoms with Gasteiger partial charge in [0.2, 0.25) is 0 Å². The molecule has 0 radical (unpaired) electrons. The van der Waals surface area contributed by atoms with Gasteiger partial charge in [-0.1, -0.05) is 0 Å². The molecule has 28 heavy (non-hydrogen) atoms. The summed E-state index contributed by atoms with van der Waals surface area (Å²) in [6, 6.07) is 5.85. The lowest BCUT2D eigenvalue weighted by Crippen LogP contribution is -2.38. The minimum absolute atomic E-state index is 0. The molecule has 152 valence electrons. The van der Waals surface area contributed by atoms with Crippen LogP contribution in [0.4, 0.5) is 0 Å². The first-order valence-corrected chi connectivity index (χ1v) is 9.64. The Balaban J connectivity index is 0.00000280. The molecule has 0 aliphatic rings. The third-order valence-electron chi connectivity index (χ3n) is 4.13. The molecule has 2 heterocycles. The third-order valence-corrected chi connectivity index (χ3v) is 4.90. The van der Waals surface area contributed by atoms with Gasteiger partial charge in [-0.15, -0.1) is 35.3 Å². The van der Waals surface area contributed by atoms with Crippen molar-refractivity contribution in [1.29, 1.82) is 0 Å². The van der Waals surface area contributed by atoms with Crippen LogP contribution in [-0.4, -0.2) is 48.1 Å². The van der Waals surface area contributed by atoms with E-state index in [-0.39, 0.29) is 24.0 Å². The Morgan fingerprint density at radius 2 is 2.14 bits per heavy atom. The molecule has 0 aliphatic carbocycles. The monoisotopic (exact) mass is 515 g/mol. The lowest BCUT2D eigenvalue weighted by Gasteiger charge is -2.23. The molecule has 1 aromatic carbocycles. The number of guanidine groups is 1. The number of thiazole rings is 1. The molecule has 0 spiro atoms. The van der Waals surface area contributed by atoms with E-state index in [1.807, 2.05) is 47.4 Å². The highest BCUT2D eigenvalue weighted by Gasteiger charge is 2.12.